The van der Waals surface area contributed by atoms with E-state index in [-0.39, 0.29) is 5.92 Å². The average Bonchev–Trinajstić information content (AvgIpc) is 3.15. The van der Waals surface area contributed by atoms with Gasteiger partial charge in [-0.1, -0.05) is 47.5 Å². The predicted molar refractivity (Wildman–Crippen MR) is 86.2 cm³/mol. The molecule has 23 heavy (non-hydrogen) atoms. The highest BCUT2D eigenvalue weighted by Gasteiger charge is 2.19. The molecule has 0 radical (unpaired) electrons. The normalized spacial score (nSPS) is 12.3. The lowest BCUT2D eigenvalue weighted by molar-refractivity contribution is 0.392. The highest BCUT2D eigenvalue weighted by molar-refractivity contribution is 5.29. The summed E-state index contributed by atoms with van der Waals surface area (Å²) >= 11 is 0. The Morgan fingerprint density at radius 3 is 2.57 bits per heavy atom. The van der Waals surface area contributed by atoms with E-state index in [0.29, 0.717) is 18.5 Å². The van der Waals surface area contributed by atoms with Crippen molar-refractivity contribution in [1.29, 1.82) is 0 Å². The average molecular weight is 312 g/mol. The molecule has 2 aromatic heterocycles. The molecule has 3 rings (SSSR count). The topological polar surface area (TPSA) is 77.0 Å². The summed E-state index contributed by atoms with van der Waals surface area (Å²) in [5, 5.41) is 15.4. The van der Waals surface area contributed by atoms with Crippen molar-refractivity contribution in [2.24, 2.45) is 0 Å². The molecule has 2 heterocycles. The molecule has 0 aliphatic rings. The highest BCUT2D eigenvalue weighted by atomic mass is 16.5. The second-order valence-corrected chi connectivity index (χ2v) is 5.47. The van der Waals surface area contributed by atoms with Crippen molar-refractivity contribution in [2.75, 3.05) is 5.32 Å². The molecule has 1 atom stereocenters. The summed E-state index contributed by atoms with van der Waals surface area (Å²) in [7, 11) is 0. The molecule has 0 amide bonds. The molecule has 3 aromatic rings. The van der Waals surface area contributed by atoms with Crippen LogP contribution in [0.5, 0.6) is 0 Å². The molecule has 1 N–H and O–H groups in total. The van der Waals surface area contributed by atoms with E-state index in [1.807, 2.05) is 32.0 Å². The number of hydrogen-bond acceptors (Lipinski definition) is 6. The second-order valence-electron chi connectivity index (χ2n) is 5.47. The molecule has 0 bridgehead atoms. The van der Waals surface area contributed by atoms with Crippen LogP contribution in [0, 0.1) is 13.8 Å². The van der Waals surface area contributed by atoms with Crippen molar-refractivity contribution >= 4 is 6.01 Å². The summed E-state index contributed by atoms with van der Waals surface area (Å²) in [6.07, 6.45) is 0.898. The van der Waals surface area contributed by atoms with E-state index in [1.165, 1.54) is 5.56 Å². The smallest absolute Gasteiger partial charge is 0.315 e. The van der Waals surface area contributed by atoms with Crippen LogP contribution in [0.4, 0.5) is 6.01 Å². The number of hydrogen-bond donors (Lipinski definition) is 1. The maximum absolute atomic E-state index is 5.78. The second kappa shape index (κ2) is 6.64. The first-order valence-electron chi connectivity index (χ1n) is 7.73. The van der Waals surface area contributed by atoms with Crippen molar-refractivity contribution < 1.29 is 8.94 Å². The Hall–Kier alpha value is -2.63. The van der Waals surface area contributed by atoms with Gasteiger partial charge in [0.1, 0.15) is 5.76 Å². The van der Waals surface area contributed by atoms with Crippen LogP contribution in [-0.4, -0.2) is 15.4 Å². The zero-order valence-corrected chi connectivity index (χ0v) is 13.5. The number of aromatic nitrogens is 3. The lowest BCUT2D eigenvalue weighted by Crippen LogP contribution is -2.01. The molecule has 0 unspecified atom stereocenters. The Morgan fingerprint density at radius 1 is 1.13 bits per heavy atom. The predicted octanol–water partition coefficient (Wildman–Crippen LogP) is 3.83. The lowest BCUT2D eigenvalue weighted by Gasteiger charge is -2.10. The van der Waals surface area contributed by atoms with Crippen LogP contribution in [0.2, 0.25) is 0 Å². The summed E-state index contributed by atoms with van der Waals surface area (Å²) in [4.78, 5) is 0. The fourth-order valence-electron chi connectivity index (χ4n) is 2.60. The summed E-state index contributed by atoms with van der Waals surface area (Å²) < 4.78 is 10.9. The van der Waals surface area contributed by atoms with Gasteiger partial charge in [0.25, 0.3) is 0 Å². The summed E-state index contributed by atoms with van der Waals surface area (Å²) in [6.45, 7) is 6.46. The van der Waals surface area contributed by atoms with E-state index < -0.39 is 0 Å². The molecule has 0 aliphatic heterocycles. The van der Waals surface area contributed by atoms with E-state index >= 15 is 0 Å². The minimum Gasteiger partial charge on any atom is -0.407 e. The molecular weight excluding hydrogens is 292 g/mol. The number of nitrogens with zero attached hydrogens (tertiary/aromatic N) is 3. The van der Waals surface area contributed by atoms with Crippen LogP contribution in [0.3, 0.4) is 0 Å². The Bertz CT molecular complexity index is 745. The van der Waals surface area contributed by atoms with Crippen LogP contribution >= 0.6 is 0 Å². The van der Waals surface area contributed by atoms with Gasteiger partial charge in [-0.15, -0.1) is 5.10 Å². The van der Waals surface area contributed by atoms with Gasteiger partial charge in [-0.3, -0.25) is 0 Å². The Labute approximate surface area is 134 Å². The molecule has 0 spiro atoms. The molecule has 6 heteroatoms. The molecular formula is C17H20N4O2. The van der Waals surface area contributed by atoms with Crippen LogP contribution in [0.25, 0.3) is 0 Å². The van der Waals surface area contributed by atoms with Crippen LogP contribution in [0.1, 0.15) is 47.7 Å². The van der Waals surface area contributed by atoms with E-state index in [9.17, 15) is 0 Å². The zero-order chi connectivity index (χ0) is 16.2. The van der Waals surface area contributed by atoms with Crippen LogP contribution < -0.4 is 5.32 Å². The van der Waals surface area contributed by atoms with Gasteiger partial charge < -0.3 is 14.3 Å². The van der Waals surface area contributed by atoms with Gasteiger partial charge in [-0.2, -0.15) is 0 Å². The van der Waals surface area contributed by atoms with Gasteiger partial charge in [0.05, 0.1) is 11.6 Å². The fraction of sp³-hybridized carbons (Fsp3) is 0.353. The number of benzene rings is 1. The third-order valence-electron chi connectivity index (χ3n) is 3.95. The molecule has 0 aliphatic carbocycles. The standard InChI is InChI=1S/C17H20N4O2/c1-4-14(13-8-6-5-7-9-13)16-19-20-17(22-16)18-10-15-11(2)21-23-12(15)3/h5-9,14H,4,10H2,1-3H3,(H,18,20)/t14-/m1/s1. The number of aryl methyl sites for hydroxylation is 2. The number of rotatable bonds is 6. The summed E-state index contributed by atoms with van der Waals surface area (Å²) in [5.74, 6) is 1.53. The molecule has 6 nitrogen and oxygen atoms in total. The SMILES string of the molecule is CC[C@H](c1ccccc1)c1nnc(NCc2c(C)noc2C)o1. The minimum absolute atomic E-state index is 0.110. The Balaban J connectivity index is 1.72. The Morgan fingerprint density at radius 2 is 1.91 bits per heavy atom. The van der Waals surface area contributed by atoms with Gasteiger partial charge >= 0.3 is 6.01 Å². The zero-order valence-electron chi connectivity index (χ0n) is 13.5. The van der Waals surface area contributed by atoms with Gasteiger partial charge in [-0.25, -0.2) is 0 Å². The molecule has 0 fully saturated rings. The third kappa shape index (κ3) is 3.26. The summed E-state index contributed by atoms with van der Waals surface area (Å²) in [5.41, 5.74) is 3.06. The fourth-order valence-corrected chi connectivity index (χ4v) is 2.60. The van der Waals surface area contributed by atoms with Gasteiger partial charge in [0.15, 0.2) is 0 Å². The maximum atomic E-state index is 5.78. The highest BCUT2D eigenvalue weighted by Crippen LogP contribution is 2.27. The van der Waals surface area contributed by atoms with Crippen LogP contribution in [-0.2, 0) is 6.54 Å². The molecule has 0 saturated heterocycles. The lowest BCUT2D eigenvalue weighted by atomic mass is 9.97. The first kappa shape index (κ1) is 15.3. The van der Waals surface area contributed by atoms with Gasteiger partial charge in [0, 0.05) is 12.1 Å². The van der Waals surface area contributed by atoms with Gasteiger partial charge in [-0.05, 0) is 25.8 Å². The monoisotopic (exact) mass is 312 g/mol. The van der Waals surface area contributed by atoms with Crippen molar-refractivity contribution in [2.45, 2.75) is 39.7 Å². The Kier molecular flexibility index (Phi) is 4.41. The molecule has 0 saturated carbocycles. The number of anilines is 1. The van der Waals surface area contributed by atoms with Crippen molar-refractivity contribution in [1.82, 2.24) is 15.4 Å². The minimum atomic E-state index is 0.110. The third-order valence-corrected chi connectivity index (χ3v) is 3.95. The van der Waals surface area contributed by atoms with Crippen molar-refractivity contribution in [3.8, 4) is 0 Å². The first-order chi connectivity index (χ1) is 11.2. The molecule has 120 valence electrons. The largest absolute Gasteiger partial charge is 0.407 e. The van der Waals surface area contributed by atoms with Gasteiger partial charge in [0.2, 0.25) is 5.89 Å². The van der Waals surface area contributed by atoms with Crippen molar-refractivity contribution in [3.63, 3.8) is 0 Å². The van der Waals surface area contributed by atoms with E-state index in [4.69, 9.17) is 8.94 Å². The number of nitrogens with one attached hydrogen (secondary N) is 1. The molecule has 1 aromatic carbocycles. The van der Waals surface area contributed by atoms with Crippen LogP contribution in [0.15, 0.2) is 39.3 Å². The van der Waals surface area contributed by atoms with Crippen molar-refractivity contribution in [3.05, 3.63) is 58.8 Å². The van der Waals surface area contributed by atoms with E-state index in [1.54, 1.807) is 0 Å². The van der Waals surface area contributed by atoms with E-state index in [0.717, 1.165) is 23.4 Å². The quantitative estimate of drug-likeness (QED) is 0.745. The van der Waals surface area contributed by atoms with E-state index in [2.05, 4.69) is 39.7 Å². The first-order valence-corrected chi connectivity index (χ1v) is 7.73. The summed E-state index contributed by atoms with van der Waals surface area (Å²) in [6, 6.07) is 10.6. The maximum Gasteiger partial charge on any atom is 0.315 e.